The van der Waals surface area contributed by atoms with Crippen LogP contribution in [-0.2, 0) is 27.4 Å². The molecule has 0 aromatic heterocycles. The van der Waals surface area contributed by atoms with E-state index in [0.29, 0.717) is 13.0 Å². The van der Waals surface area contributed by atoms with Gasteiger partial charge in [-0.15, -0.1) is 0 Å². The molecule has 2 rings (SSSR count). The first-order chi connectivity index (χ1) is 14.5. The van der Waals surface area contributed by atoms with E-state index in [-0.39, 0.29) is 30.9 Å². The van der Waals surface area contributed by atoms with E-state index in [0.717, 1.165) is 31.2 Å². The molecule has 1 amide bonds. The Kier molecular flexibility index (Phi) is 10.7. The first-order valence-corrected chi connectivity index (χ1v) is 10.7. The Morgan fingerprint density at radius 3 is 2.17 bits per heavy atom. The van der Waals surface area contributed by atoms with Crippen molar-refractivity contribution in [2.75, 3.05) is 20.6 Å². The van der Waals surface area contributed by atoms with E-state index in [4.69, 9.17) is 4.74 Å². The summed E-state index contributed by atoms with van der Waals surface area (Å²) in [6.07, 6.45) is 4.64. The molecule has 30 heavy (non-hydrogen) atoms. The fourth-order valence-corrected chi connectivity index (χ4v) is 3.34. The lowest BCUT2D eigenvalue weighted by atomic mass is 10.1. The maximum Gasteiger partial charge on any atom is 0.308 e. The van der Waals surface area contributed by atoms with Gasteiger partial charge in [0.15, 0.2) is 0 Å². The molecule has 5 heteroatoms. The lowest BCUT2D eigenvalue weighted by Gasteiger charge is -2.22. The molecule has 0 aliphatic rings. The van der Waals surface area contributed by atoms with Crippen LogP contribution in [0.25, 0.3) is 0 Å². The maximum absolute atomic E-state index is 12.3. The predicted octanol–water partition coefficient (Wildman–Crippen LogP) is 3.97. The van der Waals surface area contributed by atoms with Gasteiger partial charge in [0.1, 0.15) is 6.61 Å². The Balaban J connectivity index is 1.67. The van der Waals surface area contributed by atoms with Gasteiger partial charge in [0.25, 0.3) is 0 Å². The van der Waals surface area contributed by atoms with Gasteiger partial charge in [-0.1, -0.05) is 67.1 Å². The second-order valence-electron chi connectivity index (χ2n) is 7.92. The normalized spacial score (nSPS) is 11.8. The smallest absolute Gasteiger partial charge is 0.308 e. The average molecular weight is 411 g/mol. The average Bonchev–Trinajstić information content (AvgIpc) is 2.73. The Bertz CT molecular complexity index is 748. The van der Waals surface area contributed by atoms with Gasteiger partial charge in [-0.3, -0.25) is 9.59 Å². The van der Waals surface area contributed by atoms with Crippen LogP contribution < -0.4 is 5.32 Å². The molecule has 0 saturated carbocycles. The van der Waals surface area contributed by atoms with Gasteiger partial charge in [-0.05, 0) is 44.5 Å². The van der Waals surface area contributed by atoms with Crippen molar-refractivity contribution in [2.45, 2.75) is 51.2 Å². The zero-order valence-electron chi connectivity index (χ0n) is 18.2. The number of nitrogens with zero attached hydrogens (tertiary/aromatic N) is 1. The maximum atomic E-state index is 12.3. The fraction of sp³-hybridized carbons (Fsp3) is 0.440. The topological polar surface area (TPSA) is 58.6 Å². The number of hydrogen-bond acceptors (Lipinski definition) is 4. The molecule has 0 spiro atoms. The van der Waals surface area contributed by atoms with Crippen LogP contribution in [0.3, 0.4) is 0 Å². The number of aryl methyl sites for hydroxylation is 1. The summed E-state index contributed by atoms with van der Waals surface area (Å²) < 4.78 is 5.37. The molecule has 0 fully saturated rings. The van der Waals surface area contributed by atoms with Crippen LogP contribution in [0.4, 0.5) is 0 Å². The molecule has 0 bridgehead atoms. The zero-order chi connectivity index (χ0) is 21.6. The van der Waals surface area contributed by atoms with Crippen LogP contribution >= 0.6 is 0 Å². The number of rotatable bonds is 13. The Labute approximate surface area is 180 Å². The number of likely N-dealkylation sites (N-methyl/N-ethyl adjacent to an activating group) is 1. The minimum atomic E-state index is -0.297. The van der Waals surface area contributed by atoms with Crippen molar-refractivity contribution < 1.29 is 14.3 Å². The van der Waals surface area contributed by atoms with Gasteiger partial charge in [-0.2, -0.15) is 0 Å². The molecule has 0 saturated heterocycles. The molecule has 0 heterocycles. The predicted molar refractivity (Wildman–Crippen MR) is 120 cm³/mol. The summed E-state index contributed by atoms with van der Waals surface area (Å²) >= 11 is 0. The Morgan fingerprint density at radius 2 is 1.53 bits per heavy atom. The van der Waals surface area contributed by atoms with Crippen LogP contribution in [-0.4, -0.2) is 43.5 Å². The highest BCUT2D eigenvalue weighted by Crippen LogP contribution is 2.08. The van der Waals surface area contributed by atoms with Crippen molar-refractivity contribution in [1.29, 1.82) is 0 Å². The number of ether oxygens (including phenoxy) is 1. The molecule has 0 unspecified atom stereocenters. The van der Waals surface area contributed by atoms with Crippen molar-refractivity contribution >= 4 is 11.9 Å². The minimum absolute atomic E-state index is 0.00239. The highest BCUT2D eigenvalue weighted by molar-refractivity contribution is 5.77. The van der Waals surface area contributed by atoms with Crippen molar-refractivity contribution in [1.82, 2.24) is 10.2 Å². The van der Waals surface area contributed by atoms with Crippen LogP contribution in [0.5, 0.6) is 0 Å². The number of nitrogens with one attached hydrogen (secondary N) is 1. The van der Waals surface area contributed by atoms with Gasteiger partial charge in [0.05, 0.1) is 12.5 Å². The molecule has 0 radical (unpaired) electrons. The summed E-state index contributed by atoms with van der Waals surface area (Å²) in [6, 6.07) is 19.7. The second kappa shape index (κ2) is 13.5. The van der Waals surface area contributed by atoms with E-state index in [1.807, 2.05) is 55.4 Å². The SMILES string of the molecule is CN(C)C[C@@H](CC(=O)OCc1ccccc1)NC(=O)CCCCCc1ccccc1. The molecule has 5 nitrogen and oxygen atoms in total. The molecular weight excluding hydrogens is 376 g/mol. The summed E-state index contributed by atoms with van der Waals surface area (Å²) in [4.78, 5) is 26.5. The van der Waals surface area contributed by atoms with Crippen LogP contribution in [0.2, 0.25) is 0 Å². The van der Waals surface area contributed by atoms with Crippen LogP contribution in [0.1, 0.15) is 43.2 Å². The third kappa shape index (κ3) is 10.2. The Hall–Kier alpha value is -2.66. The van der Waals surface area contributed by atoms with Gasteiger partial charge >= 0.3 is 5.97 Å². The van der Waals surface area contributed by atoms with Gasteiger partial charge in [0.2, 0.25) is 5.91 Å². The van der Waals surface area contributed by atoms with Crippen molar-refractivity contribution in [3.63, 3.8) is 0 Å². The summed E-state index contributed by atoms with van der Waals surface area (Å²) in [5, 5.41) is 3.00. The van der Waals surface area contributed by atoms with Gasteiger partial charge in [-0.25, -0.2) is 0 Å². The summed E-state index contributed by atoms with van der Waals surface area (Å²) in [5.74, 6) is -0.300. The number of unbranched alkanes of at least 4 members (excludes halogenated alkanes) is 2. The lowest BCUT2D eigenvalue weighted by molar-refractivity contribution is -0.145. The molecule has 1 atom stereocenters. The minimum Gasteiger partial charge on any atom is -0.461 e. The largest absolute Gasteiger partial charge is 0.461 e. The van der Waals surface area contributed by atoms with E-state index < -0.39 is 0 Å². The number of benzene rings is 2. The highest BCUT2D eigenvalue weighted by Gasteiger charge is 2.18. The number of hydrogen-bond donors (Lipinski definition) is 1. The molecule has 162 valence electrons. The van der Waals surface area contributed by atoms with Crippen molar-refractivity contribution in [3.8, 4) is 0 Å². The molecular formula is C25H34N2O3. The second-order valence-corrected chi connectivity index (χ2v) is 7.92. The summed E-state index contributed by atoms with van der Waals surface area (Å²) in [7, 11) is 3.86. The molecule has 0 aliphatic heterocycles. The van der Waals surface area contributed by atoms with E-state index >= 15 is 0 Å². The highest BCUT2D eigenvalue weighted by atomic mass is 16.5. The van der Waals surface area contributed by atoms with E-state index in [1.165, 1.54) is 5.56 Å². The molecule has 1 N–H and O–H groups in total. The number of esters is 1. The molecule has 2 aromatic rings. The number of carbonyl (C=O) groups is 2. The van der Waals surface area contributed by atoms with Gasteiger partial charge < -0.3 is 15.0 Å². The Morgan fingerprint density at radius 1 is 0.900 bits per heavy atom. The van der Waals surface area contributed by atoms with E-state index in [2.05, 4.69) is 29.6 Å². The standard InChI is InChI=1S/C25H34N2O3/c1-27(2)19-23(18-25(29)30-20-22-15-9-4-10-16-22)26-24(28)17-11-5-8-14-21-12-6-3-7-13-21/h3-4,6-7,9-10,12-13,15-16,23H,5,8,11,14,17-20H2,1-2H3,(H,26,28)/t23-/m1/s1. The first kappa shape index (κ1) is 23.6. The molecule has 2 aromatic carbocycles. The quantitative estimate of drug-likeness (QED) is 0.401. The molecule has 0 aliphatic carbocycles. The monoisotopic (exact) mass is 410 g/mol. The first-order valence-electron chi connectivity index (χ1n) is 10.7. The van der Waals surface area contributed by atoms with Crippen molar-refractivity contribution in [2.24, 2.45) is 0 Å². The third-order valence-corrected chi connectivity index (χ3v) is 4.82. The fourth-order valence-electron chi connectivity index (χ4n) is 3.34. The number of amides is 1. The van der Waals surface area contributed by atoms with E-state index in [9.17, 15) is 9.59 Å². The van der Waals surface area contributed by atoms with Crippen LogP contribution in [0, 0.1) is 0 Å². The zero-order valence-corrected chi connectivity index (χ0v) is 18.2. The lowest BCUT2D eigenvalue weighted by Crippen LogP contribution is -2.43. The summed E-state index contributed by atoms with van der Waals surface area (Å²) in [5.41, 5.74) is 2.29. The van der Waals surface area contributed by atoms with E-state index in [1.54, 1.807) is 0 Å². The number of carbonyl (C=O) groups excluding carboxylic acids is 2. The summed E-state index contributed by atoms with van der Waals surface area (Å²) in [6.45, 7) is 0.851. The van der Waals surface area contributed by atoms with Gasteiger partial charge in [0, 0.05) is 13.0 Å². The van der Waals surface area contributed by atoms with Crippen molar-refractivity contribution in [3.05, 3.63) is 71.8 Å². The third-order valence-electron chi connectivity index (χ3n) is 4.82. The van der Waals surface area contributed by atoms with Crippen LogP contribution in [0.15, 0.2) is 60.7 Å².